The highest BCUT2D eigenvalue weighted by Gasteiger charge is 2.20. The number of thioether (sulfide) groups is 1. The molecule has 0 bridgehead atoms. The van der Waals surface area contributed by atoms with E-state index < -0.39 is 5.25 Å². The van der Waals surface area contributed by atoms with Crippen molar-refractivity contribution in [2.24, 2.45) is 0 Å². The van der Waals surface area contributed by atoms with Gasteiger partial charge in [-0.3, -0.25) is 14.2 Å². The molecule has 156 valence electrons. The molecule has 31 heavy (non-hydrogen) atoms. The van der Waals surface area contributed by atoms with Crippen LogP contribution in [-0.2, 0) is 4.79 Å². The third-order valence-corrected chi connectivity index (χ3v) is 6.10. The predicted molar refractivity (Wildman–Crippen MR) is 127 cm³/mol. The standard InChI is InChI=1S/C25H23N3O2S/c1-16-13-14-21(17(2)15-16)26-23(29)18(3)31-25-27-22-12-8-7-11-20(22)24(30)28(25)19-9-5-4-6-10-19/h4-15,18H,1-3H3,(H,26,29). The van der Waals surface area contributed by atoms with E-state index in [0.717, 1.165) is 22.5 Å². The van der Waals surface area contributed by atoms with Gasteiger partial charge in [0.2, 0.25) is 5.91 Å². The van der Waals surface area contributed by atoms with Crippen molar-refractivity contribution in [2.45, 2.75) is 31.2 Å². The van der Waals surface area contributed by atoms with E-state index in [9.17, 15) is 9.59 Å². The van der Waals surface area contributed by atoms with Crippen LogP contribution in [0.15, 0.2) is 82.7 Å². The van der Waals surface area contributed by atoms with Crippen LogP contribution in [-0.4, -0.2) is 20.7 Å². The maximum atomic E-state index is 13.3. The Bertz CT molecular complexity index is 1320. The molecule has 1 unspecified atom stereocenters. The van der Waals surface area contributed by atoms with Crippen molar-refractivity contribution in [2.75, 3.05) is 5.32 Å². The van der Waals surface area contributed by atoms with Crippen molar-refractivity contribution in [3.63, 3.8) is 0 Å². The lowest BCUT2D eigenvalue weighted by Gasteiger charge is -2.17. The molecule has 0 fully saturated rings. The minimum atomic E-state index is -0.455. The summed E-state index contributed by atoms with van der Waals surface area (Å²) >= 11 is 1.27. The SMILES string of the molecule is Cc1ccc(NC(=O)C(C)Sc2nc3ccccc3c(=O)n2-c2ccccc2)c(C)c1. The van der Waals surface area contributed by atoms with Crippen LogP contribution < -0.4 is 10.9 Å². The summed E-state index contributed by atoms with van der Waals surface area (Å²) in [6.45, 7) is 5.81. The summed E-state index contributed by atoms with van der Waals surface area (Å²) in [5.74, 6) is -0.140. The van der Waals surface area contributed by atoms with Crippen molar-refractivity contribution in [3.8, 4) is 5.69 Å². The number of anilines is 1. The number of rotatable bonds is 5. The molecule has 3 aromatic carbocycles. The number of hydrogen-bond donors (Lipinski definition) is 1. The van der Waals surface area contributed by atoms with Gasteiger partial charge in [-0.05, 0) is 56.7 Å². The Kier molecular flexibility index (Phi) is 5.91. The summed E-state index contributed by atoms with van der Waals surface area (Å²) in [6.07, 6.45) is 0. The fourth-order valence-electron chi connectivity index (χ4n) is 3.40. The Hall–Kier alpha value is -3.38. The van der Waals surface area contributed by atoms with Gasteiger partial charge in [0.1, 0.15) is 0 Å². The molecule has 0 saturated heterocycles. The first-order valence-corrected chi connectivity index (χ1v) is 10.9. The van der Waals surface area contributed by atoms with Gasteiger partial charge >= 0.3 is 0 Å². The number of fused-ring (bicyclic) bond motifs is 1. The van der Waals surface area contributed by atoms with Gasteiger partial charge in [-0.15, -0.1) is 0 Å². The summed E-state index contributed by atoms with van der Waals surface area (Å²) in [5.41, 5.74) is 4.12. The number of aromatic nitrogens is 2. The summed E-state index contributed by atoms with van der Waals surface area (Å²) in [7, 11) is 0. The molecule has 0 saturated carbocycles. The second kappa shape index (κ2) is 8.78. The molecule has 1 N–H and O–H groups in total. The highest BCUT2D eigenvalue weighted by atomic mass is 32.2. The maximum Gasteiger partial charge on any atom is 0.266 e. The van der Waals surface area contributed by atoms with Crippen LogP contribution in [0.25, 0.3) is 16.6 Å². The first kappa shape index (κ1) is 20.9. The molecule has 4 aromatic rings. The summed E-state index contributed by atoms with van der Waals surface area (Å²) in [5, 5.41) is 3.57. The first-order chi connectivity index (χ1) is 14.9. The Morgan fingerprint density at radius 3 is 2.45 bits per heavy atom. The van der Waals surface area contributed by atoms with Crippen LogP contribution in [0.4, 0.5) is 5.69 Å². The van der Waals surface area contributed by atoms with Crippen LogP contribution in [0.2, 0.25) is 0 Å². The first-order valence-electron chi connectivity index (χ1n) is 10.1. The number of nitrogens with one attached hydrogen (secondary N) is 1. The van der Waals surface area contributed by atoms with E-state index in [2.05, 4.69) is 5.32 Å². The van der Waals surface area contributed by atoms with Crippen LogP contribution >= 0.6 is 11.8 Å². The number of nitrogens with zero attached hydrogens (tertiary/aromatic N) is 2. The van der Waals surface area contributed by atoms with Gasteiger partial charge in [0, 0.05) is 5.69 Å². The fraction of sp³-hybridized carbons (Fsp3) is 0.160. The van der Waals surface area contributed by atoms with E-state index in [-0.39, 0.29) is 11.5 Å². The Morgan fingerprint density at radius 2 is 1.71 bits per heavy atom. The van der Waals surface area contributed by atoms with Gasteiger partial charge in [-0.1, -0.05) is 59.8 Å². The predicted octanol–water partition coefficient (Wildman–Crippen LogP) is 5.12. The number of amides is 1. The molecule has 0 spiro atoms. The quantitative estimate of drug-likeness (QED) is 0.353. The Morgan fingerprint density at radius 1 is 1.00 bits per heavy atom. The zero-order chi connectivity index (χ0) is 22.0. The van der Waals surface area contributed by atoms with E-state index in [1.165, 1.54) is 11.8 Å². The second-order valence-electron chi connectivity index (χ2n) is 7.46. The van der Waals surface area contributed by atoms with E-state index in [1.54, 1.807) is 10.6 Å². The lowest BCUT2D eigenvalue weighted by Crippen LogP contribution is -2.26. The zero-order valence-electron chi connectivity index (χ0n) is 17.6. The van der Waals surface area contributed by atoms with Gasteiger partial charge in [0.15, 0.2) is 5.16 Å². The lowest BCUT2D eigenvalue weighted by molar-refractivity contribution is -0.115. The van der Waals surface area contributed by atoms with Crippen LogP contribution in [0.3, 0.4) is 0 Å². The summed E-state index contributed by atoms with van der Waals surface area (Å²) in [4.78, 5) is 30.9. The van der Waals surface area contributed by atoms with Crippen molar-refractivity contribution >= 4 is 34.3 Å². The summed E-state index contributed by atoms with van der Waals surface area (Å²) < 4.78 is 1.58. The largest absolute Gasteiger partial charge is 0.325 e. The molecule has 4 rings (SSSR count). The molecular formula is C25H23N3O2S. The van der Waals surface area contributed by atoms with Crippen LogP contribution in [0.1, 0.15) is 18.1 Å². The monoisotopic (exact) mass is 429 g/mol. The number of carbonyl (C=O) groups is 1. The maximum absolute atomic E-state index is 13.3. The van der Waals surface area contributed by atoms with Crippen molar-refractivity contribution in [3.05, 3.63) is 94.3 Å². The smallest absolute Gasteiger partial charge is 0.266 e. The average molecular weight is 430 g/mol. The molecule has 0 aliphatic rings. The van der Waals surface area contributed by atoms with E-state index in [4.69, 9.17) is 4.98 Å². The van der Waals surface area contributed by atoms with E-state index >= 15 is 0 Å². The number of carbonyl (C=O) groups excluding carboxylic acids is 1. The van der Waals surface area contributed by atoms with Crippen LogP contribution in [0.5, 0.6) is 0 Å². The average Bonchev–Trinajstić information content (AvgIpc) is 2.76. The fourth-order valence-corrected chi connectivity index (χ4v) is 4.32. The third kappa shape index (κ3) is 4.39. The third-order valence-electron chi connectivity index (χ3n) is 5.05. The molecule has 1 amide bonds. The molecule has 0 radical (unpaired) electrons. The summed E-state index contributed by atoms with van der Waals surface area (Å²) in [6, 6.07) is 22.6. The Labute approximate surface area is 185 Å². The zero-order valence-corrected chi connectivity index (χ0v) is 18.4. The molecule has 0 aliphatic carbocycles. The van der Waals surface area contributed by atoms with E-state index in [1.807, 2.05) is 87.5 Å². The topological polar surface area (TPSA) is 64.0 Å². The minimum Gasteiger partial charge on any atom is -0.325 e. The number of para-hydroxylation sites is 2. The van der Waals surface area contributed by atoms with E-state index in [0.29, 0.717) is 16.1 Å². The Balaban J connectivity index is 1.70. The second-order valence-corrected chi connectivity index (χ2v) is 8.76. The van der Waals surface area contributed by atoms with Crippen molar-refractivity contribution < 1.29 is 4.79 Å². The van der Waals surface area contributed by atoms with Gasteiger partial charge < -0.3 is 5.32 Å². The molecule has 1 aromatic heterocycles. The highest BCUT2D eigenvalue weighted by Crippen LogP contribution is 2.26. The van der Waals surface area contributed by atoms with Crippen LogP contribution in [0, 0.1) is 13.8 Å². The minimum absolute atomic E-state index is 0.140. The normalized spacial score (nSPS) is 12.0. The van der Waals surface area contributed by atoms with Crippen molar-refractivity contribution in [1.29, 1.82) is 0 Å². The number of benzene rings is 3. The molecule has 6 heteroatoms. The van der Waals surface area contributed by atoms with Crippen molar-refractivity contribution in [1.82, 2.24) is 9.55 Å². The number of hydrogen-bond acceptors (Lipinski definition) is 4. The molecule has 1 heterocycles. The van der Waals surface area contributed by atoms with Gasteiger partial charge in [0.05, 0.1) is 21.8 Å². The highest BCUT2D eigenvalue weighted by molar-refractivity contribution is 8.00. The molecule has 1 atom stereocenters. The van der Waals surface area contributed by atoms with Gasteiger partial charge in [-0.2, -0.15) is 0 Å². The van der Waals surface area contributed by atoms with Gasteiger partial charge in [-0.25, -0.2) is 4.98 Å². The van der Waals surface area contributed by atoms with Gasteiger partial charge in [0.25, 0.3) is 5.56 Å². The molecular weight excluding hydrogens is 406 g/mol. The molecule has 5 nitrogen and oxygen atoms in total. The lowest BCUT2D eigenvalue weighted by atomic mass is 10.1. The molecule has 0 aliphatic heterocycles. The number of aryl methyl sites for hydroxylation is 2.